The summed E-state index contributed by atoms with van der Waals surface area (Å²) < 4.78 is 0. The standard InChI is InChI=1S/C11H18N2/c1-2-3-6-11(12)8-10-5-4-7-13-9-10/h4-5,7,9,11H,2-3,6,8,12H2,1H3. The largest absolute Gasteiger partial charge is 0.327 e. The normalized spacial score (nSPS) is 12.8. The van der Waals surface area contributed by atoms with Gasteiger partial charge in [-0.05, 0) is 24.5 Å². The van der Waals surface area contributed by atoms with Crippen LogP contribution in [0.4, 0.5) is 0 Å². The van der Waals surface area contributed by atoms with Crippen molar-refractivity contribution in [3.8, 4) is 0 Å². The highest BCUT2D eigenvalue weighted by Gasteiger charge is 2.02. The second-order valence-corrected chi connectivity index (χ2v) is 3.47. The summed E-state index contributed by atoms with van der Waals surface area (Å²) in [7, 11) is 0. The van der Waals surface area contributed by atoms with E-state index >= 15 is 0 Å². The molecular formula is C11H18N2. The highest BCUT2D eigenvalue weighted by Crippen LogP contribution is 2.05. The third-order valence-corrected chi connectivity index (χ3v) is 2.15. The van der Waals surface area contributed by atoms with Gasteiger partial charge in [0.2, 0.25) is 0 Å². The molecule has 1 heterocycles. The molecule has 0 saturated carbocycles. The minimum Gasteiger partial charge on any atom is -0.327 e. The number of aromatic nitrogens is 1. The Balaban J connectivity index is 2.32. The van der Waals surface area contributed by atoms with E-state index in [1.54, 1.807) is 6.20 Å². The van der Waals surface area contributed by atoms with Gasteiger partial charge in [-0.1, -0.05) is 25.8 Å². The molecule has 2 heteroatoms. The van der Waals surface area contributed by atoms with Crippen LogP contribution < -0.4 is 5.73 Å². The highest BCUT2D eigenvalue weighted by atomic mass is 14.6. The maximum absolute atomic E-state index is 5.96. The molecule has 1 rings (SSSR count). The fraction of sp³-hybridized carbons (Fsp3) is 0.545. The maximum atomic E-state index is 5.96. The summed E-state index contributed by atoms with van der Waals surface area (Å²) in [6.45, 7) is 2.19. The van der Waals surface area contributed by atoms with Gasteiger partial charge in [-0.25, -0.2) is 0 Å². The van der Waals surface area contributed by atoms with Gasteiger partial charge in [0.15, 0.2) is 0 Å². The van der Waals surface area contributed by atoms with Crippen molar-refractivity contribution in [1.29, 1.82) is 0 Å². The monoisotopic (exact) mass is 178 g/mol. The van der Waals surface area contributed by atoms with Crippen LogP contribution in [-0.2, 0) is 6.42 Å². The molecule has 0 bridgehead atoms. The summed E-state index contributed by atoms with van der Waals surface area (Å²) in [5.74, 6) is 0. The van der Waals surface area contributed by atoms with E-state index < -0.39 is 0 Å². The first kappa shape index (κ1) is 10.2. The number of hydrogen-bond donors (Lipinski definition) is 1. The molecule has 0 amide bonds. The van der Waals surface area contributed by atoms with Crippen LogP contribution in [0.2, 0.25) is 0 Å². The summed E-state index contributed by atoms with van der Waals surface area (Å²) in [5, 5.41) is 0. The zero-order valence-corrected chi connectivity index (χ0v) is 8.24. The molecule has 0 radical (unpaired) electrons. The summed E-state index contributed by atoms with van der Waals surface area (Å²) in [6, 6.07) is 4.34. The van der Waals surface area contributed by atoms with Crippen LogP contribution in [0, 0.1) is 0 Å². The molecule has 0 aliphatic rings. The van der Waals surface area contributed by atoms with Crippen molar-refractivity contribution in [1.82, 2.24) is 4.98 Å². The zero-order chi connectivity index (χ0) is 9.52. The van der Waals surface area contributed by atoms with E-state index in [9.17, 15) is 0 Å². The summed E-state index contributed by atoms with van der Waals surface area (Å²) >= 11 is 0. The Bertz CT molecular complexity index is 221. The van der Waals surface area contributed by atoms with Gasteiger partial charge >= 0.3 is 0 Å². The average Bonchev–Trinajstić information content (AvgIpc) is 2.16. The van der Waals surface area contributed by atoms with Gasteiger partial charge in [-0.15, -0.1) is 0 Å². The van der Waals surface area contributed by atoms with Crippen molar-refractivity contribution in [2.75, 3.05) is 0 Å². The Morgan fingerprint density at radius 3 is 3.00 bits per heavy atom. The van der Waals surface area contributed by atoms with Gasteiger partial charge in [-0.3, -0.25) is 4.98 Å². The SMILES string of the molecule is CCCCC(N)Cc1cccnc1. The van der Waals surface area contributed by atoms with E-state index in [1.165, 1.54) is 18.4 Å². The first-order valence-corrected chi connectivity index (χ1v) is 4.97. The molecule has 72 valence electrons. The number of nitrogens with zero attached hydrogens (tertiary/aromatic N) is 1. The minimum absolute atomic E-state index is 0.296. The Morgan fingerprint density at radius 2 is 2.38 bits per heavy atom. The smallest absolute Gasteiger partial charge is 0.0300 e. The first-order valence-electron chi connectivity index (χ1n) is 4.97. The fourth-order valence-electron chi connectivity index (χ4n) is 1.39. The van der Waals surface area contributed by atoms with Crippen molar-refractivity contribution in [2.45, 2.75) is 38.6 Å². The van der Waals surface area contributed by atoms with Crippen LogP contribution in [0.5, 0.6) is 0 Å². The van der Waals surface area contributed by atoms with Crippen LogP contribution in [0.25, 0.3) is 0 Å². The lowest BCUT2D eigenvalue weighted by atomic mass is 10.0. The Kier molecular flexibility index (Phi) is 4.47. The number of nitrogens with two attached hydrogens (primary N) is 1. The summed E-state index contributed by atoms with van der Waals surface area (Å²) in [5.41, 5.74) is 7.21. The first-order chi connectivity index (χ1) is 6.33. The van der Waals surface area contributed by atoms with Crippen molar-refractivity contribution in [3.63, 3.8) is 0 Å². The molecule has 0 aliphatic carbocycles. The Morgan fingerprint density at radius 1 is 1.54 bits per heavy atom. The number of unbranched alkanes of at least 4 members (excludes halogenated alkanes) is 1. The lowest BCUT2D eigenvalue weighted by Gasteiger charge is -2.09. The van der Waals surface area contributed by atoms with E-state index in [1.807, 2.05) is 12.3 Å². The molecule has 2 nitrogen and oxygen atoms in total. The zero-order valence-electron chi connectivity index (χ0n) is 8.24. The van der Waals surface area contributed by atoms with Crippen molar-refractivity contribution >= 4 is 0 Å². The summed E-state index contributed by atoms with van der Waals surface area (Å²) in [6.07, 6.45) is 8.20. The lowest BCUT2D eigenvalue weighted by molar-refractivity contribution is 0.573. The molecular weight excluding hydrogens is 160 g/mol. The Labute approximate surface area is 80.2 Å². The molecule has 13 heavy (non-hydrogen) atoms. The number of rotatable bonds is 5. The van der Waals surface area contributed by atoms with Gasteiger partial charge in [-0.2, -0.15) is 0 Å². The van der Waals surface area contributed by atoms with Gasteiger partial charge in [0.25, 0.3) is 0 Å². The second-order valence-electron chi connectivity index (χ2n) is 3.47. The second kappa shape index (κ2) is 5.70. The topological polar surface area (TPSA) is 38.9 Å². The van der Waals surface area contributed by atoms with Gasteiger partial charge < -0.3 is 5.73 Å². The molecule has 1 unspecified atom stereocenters. The van der Waals surface area contributed by atoms with Crippen molar-refractivity contribution < 1.29 is 0 Å². The van der Waals surface area contributed by atoms with E-state index in [2.05, 4.69) is 18.0 Å². The number of pyridine rings is 1. The van der Waals surface area contributed by atoms with Gasteiger partial charge in [0.05, 0.1) is 0 Å². The predicted molar refractivity (Wildman–Crippen MR) is 55.4 cm³/mol. The molecule has 0 aliphatic heterocycles. The molecule has 2 N–H and O–H groups in total. The quantitative estimate of drug-likeness (QED) is 0.750. The van der Waals surface area contributed by atoms with Crippen LogP contribution in [0.3, 0.4) is 0 Å². The van der Waals surface area contributed by atoms with Crippen molar-refractivity contribution in [3.05, 3.63) is 30.1 Å². The predicted octanol–water partition coefficient (Wildman–Crippen LogP) is 2.14. The molecule has 0 spiro atoms. The number of hydrogen-bond acceptors (Lipinski definition) is 2. The molecule has 0 saturated heterocycles. The van der Waals surface area contributed by atoms with E-state index in [-0.39, 0.29) is 0 Å². The van der Waals surface area contributed by atoms with Crippen LogP contribution in [0.15, 0.2) is 24.5 Å². The maximum Gasteiger partial charge on any atom is 0.0300 e. The average molecular weight is 178 g/mol. The summed E-state index contributed by atoms with van der Waals surface area (Å²) in [4.78, 5) is 4.06. The Hall–Kier alpha value is -0.890. The van der Waals surface area contributed by atoms with Crippen molar-refractivity contribution in [2.24, 2.45) is 5.73 Å². The van der Waals surface area contributed by atoms with E-state index in [0.717, 1.165) is 12.8 Å². The molecule has 1 atom stereocenters. The lowest BCUT2D eigenvalue weighted by Crippen LogP contribution is -2.22. The van der Waals surface area contributed by atoms with Gasteiger partial charge in [0, 0.05) is 18.4 Å². The van der Waals surface area contributed by atoms with Gasteiger partial charge in [0.1, 0.15) is 0 Å². The molecule has 1 aromatic rings. The molecule has 1 aromatic heterocycles. The third-order valence-electron chi connectivity index (χ3n) is 2.15. The van der Waals surface area contributed by atoms with Crippen LogP contribution >= 0.6 is 0 Å². The van der Waals surface area contributed by atoms with E-state index in [0.29, 0.717) is 6.04 Å². The minimum atomic E-state index is 0.296. The molecule has 0 aromatic carbocycles. The van der Waals surface area contributed by atoms with Crippen LogP contribution in [-0.4, -0.2) is 11.0 Å². The van der Waals surface area contributed by atoms with Crippen LogP contribution in [0.1, 0.15) is 31.7 Å². The third kappa shape index (κ3) is 4.04. The molecule has 0 fully saturated rings. The highest BCUT2D eigenvalue weighted by molar-refractivity contribution is 5.09. The van der Waals surface area contributed by atoms with E-state index in [4.69, 9.17) is 5.73 Å². The fourth-order valence-corrected chi connectivity index (χ4v) is 1.39.